The summed E-state index contributed by atoms with van der Waals surface area (Å²) >= 11 is 0. The molecule has 0 spiro atoms. The standard InChI is InChI=1S/C21H26O2/c1-3-4-5-7-10-17(2)21(22)23-20-15-13-19(14-16-20)18-11-8-6-9-12-18/h6,8-9,11-17H,3-5,7,10H2,1-2H3. The second kappa shape index (κ2) is 9.14. The van der Waals surface area contributed by atoms with Crippen LogP contribution >= 0.6 is 0 Å². The molecular weight excluding hydrogens is 284 g/mol. The van der Waals surface area contributed by atoms with Gasteiger partial charge >= 0.3 is 5.97 Å². The molecule has 0 aromatic heterocycles. The van der Waals surface area contributed by atoms with Gasteiger partial charge in [0.15, 0.2) is 0 Å². The molecule has 0 aliphatic carbocycles. The van der Waals surface area contributed by atoms with Crippen LogP contribution in [0.15, 0.2) is 54.6 Å². The Labute approximate surface area is 139 Å². The number of unbranched alkanes of at least 4 members (excludes halogenated alkanes) is 3. The average molecular weight is 310 g/mol. The minimum atomic E-state index is -0.131. The molecule has 23 heavy (non-hydrogen) atoms. The van der Waals surface area contributed by atoms with Gasteiger partial charge in [0, 0.05) is 0 Å². The third-order valence-electron chi connectivity index (χ3n) is 4.07. The van der Waals surface area contributed by atoms with E-state index in [1.54, 1.807) is 0 Å². The van der Waals surface area contributed by atoms with Crippen LogP contribution in [0.25, 0.3) is 11.1 Å². The van der Waals surface area contributed by atoms with E-state index >= 15 is 0 Å². The first kappa shape index (κ1) is 17.3. The minimum Gasteiger partial charge on any atom is -0.426 e. The zero-order valence-corrected chi connectivity index (χ0v) is 14.1. The Balaban J connectivity index is 1.86. The van der Waals surface area contributed by atoms with Crippen LogP contribution in [0.4, 0.5) is 0 Å². The minimum absolute atomic E-state index is 0.0411. The van der Waals surface area contributed by atoms with Crippen LogP contribution in [0, 0.1) is 5.92 Å². The molecule has 0 saturated heterocycles. The Morgan fingerprint density at radius 3 is 2.22 bits per heavy atom. The van der Waals surface area contributed by atoms with E-state index in [2.05, 4.69) is 19.1 Å². The van der Waals surface area contributed by atoms with E-state index in [-0.39, 0.29) is 11.9 Å². The highest BCUT2D eigenvalue weighted by molar-refractivity contribution is 5.75. The van der Waals surface area contributed by atoms with Gasteiger partial charge in [-0.3, -0.25) is 4.79 Å². The van der Waals surface area contributed by atoms with Crippen molar-refractivity contribution in [2.75, 3.05) is 0 Å². The summed E-state index contributed by atoms with van der Waals surface area (Å²) in [6.07, 6.45) is 5.65. The molecule has 122 valence electrons. The molecule has 2 aromatic rings. The normalized spacial score (nSPS) is 11.9. The van der Waals surface area contributed by atoms with Crippen molar-refractivity contribution in [3.05, 3.63) is 54.6 Å². The predicted molar refractivity (Wildman–Crippen MR) is 95.4 cm³/mol. The maximum atomic E-state index is 12.1. The highest BCUT2D eigenvalue weighted by atomic mass is 16.5. The van der Waals surface area contributed by atoms with Gasteiger partial charge in [-0.25, -0.2) is 0 Å². The number of rotatable bonds is 8. The number of benzene rings is 2. The fourth-order valence-electron chi connectivity index (χ4n) is 2.56. The van der Waals surface area contributed by atoms with Crippen molar-refractivity contribution < 1.29 is 9.53 Å². The molecule has 0 amide bonds. The molecule has 0 saturated carbocycles. The average Bonchev–Trinajstić information content (AvgIpc) is 2.60. The lowest BCUT2D eigenvalue weighted by molar-refractivity contribution is -0.138. The van der Waals surface area contributed by atoms with Crippen LogP contribution in [0.5, 0.6) is 5.75 Å². The zero-order valence-electron chi connectivity index (χ0n) is 14.1. The van der Waals surface area contributed by atoms with Gasteiger partial charge in [0.25, 0.3) is 0 Å². The second-order valence-electron chi connectivity index (χ2n) is 6.06. The molecule has 2 nitrogen and oxygen atoms in total. The van der Waals surface area contributed by atoms with Gasteiger partial charge in [-0.05, 0) is 29.7 Å². The molecule has 0 radical (unpaired) electrons. The highest BCUT2D eigenvalue weighted by Gasteiger charge is 2.14. The second-order valence-corrected chi connectivity index (χ2v) is 6.06. The molecule has 0 bridgehead atoms. The summed E-state index contributed by atoms with van der Waals surface area (Å²) in [5.41, 5.74) is 2.28. The third-order valence-corrected chi connectivity index (χ3v) is 4.07. The predicted octanol–water partition coefficient (Wildman–Crippen LogP) is 5.87. The summed E-state index contributed by atoms with van der Waals surface area (Å²) in [5.74, 6) is 0.449. The topological polar surface area (TPSA) is 26.3 Å². The molecule has 2 rings (SSSR count). The Hall–Kier alpha value is -2.09. The summed E-state index contributed by atoms with van der Waals surface area (Å²) in [6, 6.07) is 17.9. The van der Waals surface area contributed by atoms with Gasteiger partial charge in [-0.2, -0.15) is 0 Å². The van der Waals surface area contributed by atoms with Crippen molar-refractivity contribution >= 4 is 5.97 Å². The van der Waals surface area contributed by atoms with Crippen LogP contribution in [0.2, 0.25) is 0 Å². The molecule has 0 heterocycles. The molecule has 2 heteroatoms. The molecule has 2 aromatic carbocycles. The Morgan fingerprint density at radius 1 is 0.913 bits per heavy atom. The number of hydrogen-bond donors (Lipinski definition) is 0. The lowest BCUT2D eigenvalue weighted by Crippen LogP contribution is -2.17. The van der Waals surface area contributed by atoms with Gasteiger partial charge in [-0.15, -0.1) is 0 Å². The van der Waals surface area contributed by atoms with E-state index in [1.165, 1.54) is 19.3 Å². The van der Waals surface area contributed by atoms with Crippen molar-refractivity contribution in [3.63, 3.8) is 0 Å². The van der Waals surface area contributed by atoms with E-state index in [0.29, 0.717) is 5.75 Å². The molecular formula is C21H26O2. The lowest BCUT2D eigenvalue weighted by Gasteiger charge is -2.11. The summed E-state index contributed by atoms with van der Waals surface area (Å²) in [4.78, 5) is 12.1. The number of ether oxygens (including phenoxy) is 1. The summed E-state index contributed by atoms with van der Waals surface area (Å²) in [6.45, 7) is 4.14. The van der Waals surface area contributed by atoms with Crippen molar-refractivity contribution in [3.8, 4) is 16.9 Å². The van der Waals surface area contributed by atoms with Crippen LogP contribution in [-0.4, -0.2) is 5.97 Å². The van der Waals surface area contributed by atoms with Crippen molar-refractivity contribution in [2.45, 2.75) is 46.0 Å². The largest absolute Gasteiger partial charge is 0.426 e. The summed E-state index contributed by atoms with van der Waals surface area (Å²) in [5, 5.41) is 0. The number of esters is 1. The maximum absolute atomic E-state index is 12.1. The van der Waals surface area contributed by atoms with Gasteiger partial charge in [0.1, 0.15) is 5.75 Å². The SMILES string of the molecule is CCCCCCC(C)C(=O)Oc1ccc(-c2ccccc2)cc1. The zero-order chi connectivity index (χ0) is 16.5. The Morgan fingerprint density at radius 2 is 1.57 bits per heavy atom. The number of carbonyl (C=O) groups is 1. The van der Waals surface area contributed by atoms with Crippen molar-refractivity contribution in [2.24, 2.45) is 5.92 Å². The van der Waals surface area contributed by atoms with E-state index in [9.17, 15) is 4.79 Å². The van der Waals surface area contributed by atoms with Gasteiger partial charge in [0.2, 0.25) is 0 Å². The molecule has 0 N–H and O–H groups in total. The first-order chi connectivity index (χ1) is 11.2. The van der Waals surface area contributed by atoms with Crippen LogP contribution in [0.3, 0.4) is 0 Å². The Kier molecular flexibility index (Phi) is 6.86. The lowest BCUT2D eigenvalue weighted by atomic mass is 10.0. The smallest absolute Gasteiger partial charge is 0.314 e. The highest BCUT2D eigenvalue weighted by Crippen LogP contribution is 2.23. The fourth-order valence-corrected chi connectivity index (χ4v) is 2.56. The molecule has 0 aliphatic rings. The number of hydrogen-bond acceptors (Lipinski definition) is 2. The van der Waals surface area contributed by atoms with Crippen LogP contribution in [0.1, 0.15) is 46.0 Å². The monoisotopic (exact) mass is 310 g/mol. The van der Waals surface area contributed by atoms with E-state index in [0.717, 1.165) is 24.0 Å². The van der Waals surface area contributed by atoms with Gasteiger partial charge < -0.3 is 4.74 Å². The Bertz CT molecular complexity index is 587. The van der Waals surface area contributed by atoms with E-state index in [1.807, 2.05) is 49.4 Å². The van der Waals surface area contributed by atoms with Crippen LogP contribution in [-0.2, 0) is 4.79 Å². The molecule has 1 unspecified atom stereocenters. The van der Waals surface area contributed by atoms with Crippen molar-refractivity contribution in [1.29, 1.82) is 0 Å². The summed E-state index contributed by atoms with van der Waals surface area (Å²) in [7, 11) is 0. The third kappa shape index (κ3) is 5.55. The van der Waals surface area contributed by atoms with Gasteiger partial charge in [-0.1, -0.05) is 82.0 Å². The number of carbonyl (C=O) groups excluding carboxylic acids is 1. The summed E-state index contributed by atoms with van der Waals surface area (Å²) < 4.78 is 5.49. The van der Waals surface area contributed by atoms with Gasteiger partial charge in [0.05, 0.1) is 5.92 Å². The van der Waals surface area contributed by atoms with Crippen molar-refractivity contribution in [1.82, 2.24) is 0 Å². The van der Waals surface area contributed by atoms with E-state index in [4.69, 9.17) is 4.74 Å². The molecule has 1 atom stereocenters. The molecule has 0 aliphatic heterocycles. The maximum Gasteiger partial charge on any atom is 0.314 e. The first-order valence-electron chi connectivity index (χ1n) is 8.58. The van der Waals surface area contributed by atoms with Crippen LogP contribution < -0.4 is 4.74 Å². The molecule has 0 fully saturated rings. The quantitative estimate of drug-likeness (QED) is 0.346. The van der Waals surface area contributed by atoms with E-state index < -0.39 is 0 Å². The first-order valence-corrected chi connectivity index (χ1v) is 8.58. The fraction of sp³-hybridized carbons (Fsp3) is 0.381.